The van der Waals surface area contributed by atoms with Crippen LogP contribution in [0.25, 0.3) is 0 Å². The first-order valence-corrected chi connectivity index (χ1v) is 11.2. The van der Waals surface area contributed by atoms with Crippen molar-refractivity contribution in [1.29, 1.82) is 0 Å². The lowest BCUT2D eigenvalue weighted by molar-refractivity contribution is -0.137. The molecule has 10 nitrogen and oxygen atoms in total. The van der Waals surface area contributed by atoms with Crippen molar-refractivity contribution < 1.29 is 24.0 Å². The molecule has 1 rings (SSSR count). The van der Waals surface area contributed by atoms with Crippen LogP contribution in [0.3, 0.4) is 0 Å². The van der Waals surface area contributed by atoms with Crippen LogP contribution in [-0.2, 0) is 24.0 Å². The Hall–Kier alpha value is -2.82. The van der Waals surface area contributed by atoms with Crippen molar-refractivity contribution in [3.05, 3.63) is 12.2 Å². The molecule has 0 saturated carbocycles. The molecule has 5 amide bonds. The number of amides is 5. The van der Waals surface area contributed by atoms with E-state index < -0.39 is 24.0 Å². The fourth-order valence-electron chi connectivity index (χ4n) is 2.90. The number of unbranched alkanes of at least 4 members (excludes halogenated alkanes) is 2. The van der Waals surface area contributed by atoms with Crippen molar-refractivity contribution in [3.8, 4) is 0 Å². The highest BCUT2D eigenvalue weighted by molar-refractivity contribution is 7.80. The van der Waals surface area contributed by atoms with Crippen LogP contribution < -0.4 is 21.3 Å². The lowest BCUT2D eigenvalue weighted by atomic mass is 10.1. The molecule has 32 heavy (non-hydrogen) atoms. The second kappa shape index (κ2) is 13.6. The molecular weight excluding hydrogens is 434 g/mol. The molecule has 0 aromatic rings. The van der Waals surface area contributed by atoms with Crippen LogP contribution in [0.1, 0.15) is 53.4 Å². The van der Waals surface area contributed by atoms with E-state index in [4.69, 9.17) is 12.2 Å². The Balaban J connectivity index is 2.26. The van der Waals surface area contributed by atoms with Crippen molar-refractivity contribution in [3.63, 3.8) is 0 Å². The van der Waals surface area contributed by atoms with Gasteiger partial charge in [-0.05, 0) is 47.0 Å². The van der Waals surface area contributed by atoms with E-state index in [0.717, 1.165) is 12.8 Å². The Bertz CT molecular complexity index is 752. The van der Waals surface area contributed by atoms with E-state index in [-0.39, 0.29) is 23.6 Å². The number of hydrogen-bond acceptors (Lipinski definition) is 6. The summed E-state index contributed by atoms with van der Waals surface area (Å²) in [5.74, 6) is -1.71. The van der Waals surface area contributed by atoms with Gasteiger partial charge in [-0.3, -0.25) is 28.9 Å². The van der Waals surface area contributed by atoms with E-state index >= 15 is 0 Å². The topological polar surface area (TPSA) is 137 Å². The van der Waals surface area contributed by atoms with Crippen molar-refractivity contribution in [2.75, 3.05) is 13.1 Å². The van der Waals surface area contributed by atoms with E-state index in [1.54, 1.807) is 20.8 Å². The molecule has 0 bridgehead atoms. The summed E-state index contributed by atoms with van der Waals surface area (Å²) in [6, 6.07) is -2.16. The largest absolute Gasteiger partial charge is 0.368 e. The Morgan fingerprint density at radius 1 is 0.844 bits per heavy atom. The lowest BCUT2D eigenvalue weighted by Crippen LogP contribution is -2.54. The van der Waals surface area contributed by atoms with E-state index in [1.807, 2.05) is 0 Å². The minimum atomic E-state index is -0.817. The molecule has 178 valence electrons. The third-order valence-corrected chi connectivity index (χ3v) is 5.13. The third-order valence-electron chi connectivity index (χ3n) is 4.81. The summed E-state index contributed by atoms with van der Waals surface area (Å²) in [5.41, 5.74) is 0. The molecule has 0 saturated heterocycles. The maximum absolute atomic E-state index is 12.3. The molecule has 1 aliphatic heterocycles. The summed E-state index contributed by atoms with van der Waals surface area (Å²) in [5, 5.41) is 10.7. The summed E-state index contributed by atoms with van der Waals surface area (Å²) in [6.45, 7) is 7.36. The van der Waals surface area contributed by atoms with Gasteiger partial charge < -0.3 is 21.3 Å². The Morgan fingerprint density at radius 3 is 1.88 bits per heavy atom. The van der Waals surface area contributed by atoms with Gasteiger partial charge in [0.05, 0.1) is 4.99 Å². The van der Waals surface area contributed by atoms with Gasteiger partial charge in [0.2, 0.25) is 17.7 Å². The molecule has 4 N–H and O–H groups in total. The zero-order valence-corrected chi connectivity index (χ0v) is 19.8. The molecule has 11 heteroatoms. The average Bonchev–Trinajstić information content (AvgIpc) is 3.05. The smallest absolute Gasteiger partial charge is 0.253 e. The van der Waals surface area contributed by atoms with Crippen LogP contribution >= 0.6 is 12.2 Å². The van der Waals surface area contributed by atoms with E-state index in [0.29, 0.717) is 30.9 Å². The number of carbonyl (C=O) groups is 5. The molecule has 0 aromatic heterocycles. The van der Waals surface area contributed by atoms with Gasteiger partial charge >= 0.3 is 0 Å². The summed E-state index contributed by atoms with van der Waals surface area (Å²) in [6.07, 6.45) is 5.30. The van der Waals surface area contributed by atoms with Gasteiger partial charge in [0.25, 0.3) is 11.8 Å². The number of rotatable bonds is 13. The number of nitrogens with one attached hydrogen (secondary N) is 4. The van der Waals surface area contributed by atoms with Crippen molar-refractivity contribution in [2.24, 2.45) is 0 Å². The lowest BCUT2D eigenvalue weighted by Gasteiger charge is -2.21. The van der Waals surface area contributed by atoms with Gasteiger partial charge in [0.15, 0.2) is 0 Å². The standard InChI is InChI=1S/C21H33N5O5S/c1-5-22-19(29)13(2)24-21(31)15(4)25-20(30)14(3)23-16(32)9-7-6-8-12-26-17(27)10-11-18(26)28/h10-11,13-15H,5-9,12H2,1-4H3,(H,22,29)(H,23,32)(H,24,31)(H,25,30)/t13-,14-,15-/m0/s1. The second-order valence-electron chi connectivity index (χ2n) is 7.62. The van der Waals surface area contributed by atoms with Crippen LogP contribution in [0.5, 0.6) is 0 Å². The average molecular weight is 468 g/mol. The van der Waals surface area contributed by atoms with Crippen molar-refractivity contribution in [2.45, 2.75) is 71.5 Å². The van der Waals surface area contributed by atoms with Gasteiger partial charge in [0.1, 0.15) is 18.1 Å². The SMILES string of the molecule is CCNC(=O)[C@H](C)NC(=O)[C@H](C)NC(=O)[C@H](C)NC(=S)CCCCCN1C(=O)C=CC1=O. The number of carbonyl (C=O) groups excluding carboxylic acids is 5. The number of likely N-dealkylation sites (N-methyl/N-ethyl adjacent to an activating group) is 1. The third kappa shape index (κ3) is 9.13. The van der Waals surface area contributed by atoms with E-state index in [2.05, 4.69) is 21.3 Å². The van der Waals surface area contributed by atoms with Gasteiger partial charge in [-0.2, -0.15) is 0 Å². The van der Waals surface area contributed by atoms with Gasteiger partial charge in [-0.25, -0.2) is 0 Å². The number of hydrogen-bond donors (Lipinski definition) is 4. The summed E-state index contributed by atoms with van der Waals surface area (Å²) >= 11 is 5.28. The quantitative estimate of drug-likeness (QED) is 0.169. The summed E-state index contributed by atoms with van der Waals surface area (Å²) in [4.78, 5) is 60.9. The molecular formula is C21H33N5O5S. The molecule has 0 radical (unpaired) electrons. The highest BCUT2D eigenvalue weighted by Crippen LogP contribution is 2.08. The molecule has 1 aliphatic rings. The molecule has 0 aliphatic carbocycles. The fourth-order valence-corrected chi connectivity index (χ4v) is 3.22. The monoisotopic (exact) mass is 467 g/mol. The maximum Gasteiger partial charge on any atom is 0.253 e. The highest BCUT2D eigenvalue weighted by atomic mass is 32.1. The first kappa shape index (κ1) is 27.2. The zero-order valence-electron chi connectivity index (χ0n) is 19.0. The molecule has 1 heterocycles. The first-order valence-electron chi connectivity index (χ1n) is 10.8. The molecule has 3 atom stereocenters. The van der Waals surface area contributed by atoms with Crippen molar-refractivity contribution >= 4 is 46.7 Å². The molecule has 0 fully saturated rings. The van der Waals surface area contributed by atoms with Crippen LogP contribution in [0.15, 0.2) is 12.2 Å². The number of imide groups is 1. The number of nitrogens with zero attached hydrogens (tertiary/aromatic N) is 1. The van der Waals surface area contributed by atoms with Crippen molar-refractivity contribution in [1.82, 2.24) is 26.2 Å². The van der Waals surface area contributed by atoms with Crippen LogP contribution in [-0.4, -0.2) is 70.6 Å². The maximum atomic E-state index is 12.3. The van der Waals surface area contributed by atoms with Crippen LogP contribution in [0.2, 0.25) is 0 Å². The number of thiocarbonyl (C=S) groups is 1. The second-order valence-corrected chi connectivity index (χ2v) is 8.11. The zero-order chi connectivity index (χ0) is 24.3. The van der Waals surface area contributed by atoms with E-state index in [9.17, 15) is 24.0 Å². The van der Waals surface area contributed by atoms with Gasteiger partial charge in [-0.1, -0.05) is 18.6 Å². The van der Waals surface area contributed by atoms with Gasteiger partial charge in [-0.15, -0.1) is 0 Å². The normalized spacial score (nSPS) is 15.7. The highest BCUT2D eigenvalue weighted by Gasteiger charge is 2.24. The summed E-state index contributed by atoms with van der Waals surface area (Å²) < 4.78 is 0. The van der Waals surface area contributed by atoms with Crippen LogP contribution in [0.4, 0.5) is 0 Å². The minimum absolute atomic E-state index is 0.284. The molecule has 0 aromatic carbocycles. The predicted molar refractivity (Wildman–Crippen MR) is 123 cm³/mol. The molecule has 0 unspecified atom stereocenters. The van der Waals surface area contributed by atoms with Gasteiger partial charge in [0, 0.05) is 25.2 Å². The van der Waals surface area contributed by atoms with E-state index in [1.165, 1.54) is 24.0 Å². The Kier molecular flexibility index (Phi) is 11.5. The summed E-state index contributed by atoms with van der Waals surface area (Å²) in [7, 11) is 0. The Labute approximate surface area is 193 Å². The predicted octanol–water partition coefficient (Wildman–Crippen LogP) is -0.0772. The van der Waals surface area contributed by atoms with Crippen LogP contribution in [0, 0.1) is 0 Å². The fraction of sp³-hybridized carbons (Fsp3) is 0.619. The minimum Gasteiger partial charge on any atom is -0.368 e. The first-order chi connectivity index (χ1) is 15.1. The Morgan fingerprint density at radius 2 is 1.34 bits per heavy atom. The molecule has 0 spiro atoms.